The molecule has 0 atom stereocenters. The van der Waals surface area contributed by atoms with Gasteiger partial charge in [-0.15, -0.1) is 0 Å². The van der Waals surface area contributed by atoms with E-state index in [1.165, 1.54) is 30.3 Å². The van der Waals surface area contributed by atoms with Crippen LogP contribution in [0.4, 0.5) is 4.39 Å². The Hall–Kier alpha value is -1.35. The standard InChI is InChI=1S/C11H10ClFO2/c1-2-15-11(14)10(12)7-8-3-5-9(13)6-4-8/h3-7H,2H2,1H3/b10-7-. The number of halogens is 2. The summed E-state index contributed by atoms with van der Waals surface area (Å²) < 4.78 is 17.2. The van der Waals surface area contributed by atoms with Crippen LogP contribution in [0.15, 0.2) is 29.3 Å². The highest BCUT2D eigenvalue weighted by atomic mass is 35.5. The molecule has 0 fully saturated rings. The molecule has 0 N–H and O–H groups in total. The largest absolute Gasteiger partial charge is 0.462 e. The fraction of sp³-hybridized carbons (Fsp3) is 0.182. The van der Waals surface area contributed by atoms with Crippen LogP contribution in [0.3, 0.4) is 0 Å². The molecule has 0 saturated heterocycles. The lowest BCUT2D eigenvalue weighted by Gasteiger charge is -1.99. The lowest BCUT2D eigenvalue weighted by Crippen LogP contribution is -2.03. The van der Waals surface area contributed by atoms with Gasteiger partial charge in [-0.3, -0.25) is 0 Å². The second-order valence-corrected chi connectivity index (χ2v) is 3.17. The van der Waals surface area contributed by atoms with Gasteiger partial charge in [-0.2, -0.15) is 0 Å². The first kappa shape index (κ1) is 11.7. The van der Waals surface area contributed by atoms with Gasteiger partial charge in [0.05, 0.1) is 6.61 Å². The molecule has 2 nitrogen and oxygen atoms in total. The molecular weight excluding hydrogens is 219 g/mol. The normalized spacial score (nSPS) is 11.3. The van der Waals surface area contributed by atoms with Crippen molar-refractivity contribution in [2.24, 2.45) is 0 Å². The Bertz CT molecular complexity index is 371. The van der Waals surface area contributed by atoms with Crippen LogP contribution in [0.1, 0.15) is 12.5 Å². The van der Waals surface area contributed by atoms with E-state index >= 15 is 0 Å². The Labute approximate surface area is 92.3 Å². The first-order chi connectivity index (χ1) is 7.13. The van der Waals surface area contributed by atoms with E-state index in [-0.39, 0.29) is 17.5 Å². The average molecular weight is 229 g/mol. The van der Waals surface area contributed by atoms with Crippen LogP contribution < -0.4 is 0 Å². The van der Waals surface area contributed by atoms with Crippen molar-refractivity contribution in [3.8, 4) is 0 Å². The first-order valence-corrected chi connectivity index (χ1v) is 4.81. The Morgan fingerprint density at radius 2 is 2.07 bits per heavy atom. The smallest absolute Gasteiger partial charge is 0.349 e. The van der Waals surface area contributed by atoms with Gasteiger partial charge < -0.3 is 4.74 Å². The van der Waals surface area contributed by atoms with E-state index in [0.717, 1.165) is 0 Å². The Morgan fingerprint density at radius 3 is 2.60 bits per heavy atom. The molecule has 0 radical (unpaired) electrons. The Morgan fingerprint density at radius 1 is 1.47 bits per heavy atom. The summed E-state index contributed by atoms with van der Waals surface area (Å²) in [6.07, 6.45) is 1.43. The molecule has 1 aromatic rings. The van der Waals surface area contributed by atoms with E-state index in [1.807, 2.05) is 0 Å². The third-order valence-electron chi connectivity index (χ3n) is 1.63. The molecule has 15 heavy (non-hydrogen) atoms. The third-order valence-corrected chi connectivity index (χ3v) is 1.90. The first-order valence-electron chi connectivity index (χ1n) is 4.43. The van der Waals surface area contributed by atoms with Crippen LogP contribution in [0.2, 0.25) is 0 Å². The topological polar surface area (TPSA) is 26.3 Å². The molecule has 0 saturated carbocycles. The lowest BCUT2D eigenvalue weighted by molar-refractivity contribution is -0.137. The maximum absolute atomic E-state index is 12.6. The van der Waals surface area contributed by atoms with Crippen molar-refractivity contribution in [1.82, 2.24) is 0 Å². The molecule has 1 aromatic carbocycles. The molecule has 0 spiro atoms. The molecule has 0 aromatic heterocycles. The Kier molecular flexibility index (Phi) is 4.31. The van der Waals surface area contributed by atoms with Gasteiger partial charge in [-0.05, 0) is 30.7 Å². The van der Waals surface area contributed by atoms with Crippen LogP contribution in [0.25, 0.3) is 6.08 Å². The van der Waals surface area contributed by atoms with E-state index in [2.05, 4.69) is 4.74 Å². The van der Waals surface area contributed by atoms with E-state index in [0.29, 0.717) is 5.56 Å². The highest BCUT2D eigenvalue weighted by Crippen LogP contribution is 2.12. The van der Waals surface area contributed by atoms with Crippen molar-refractivity contribution in [2.45, 2.75) is 6.92 Å². The minimum Gasteiger partial charge on any atom is -0.462 e. The maximum atomic E-state index is 12.6. The zero-order chi connectivity index (χ0) is 11.3. The number of esters is 1. The van der Waals surface area contributed by atoms with E-state index in [4.69, 9.17) is 11.6 Å². The second kappa shape index (κ2) is 5.51. The van der Waals surface area contributed by atoms with E-state index < -0.39 is 5.97 Å². The highest BCUT2D eigenvalue weighted by Gasteiger charge is 2.06. The zero-order valence-electron chi connectivity index (χ0n) is 8.17. The highest BCUT2D eigenvalue weighted by molar-refractivity contribution is 6.43. The summed E-state index contributed by atoms with van der Waals surface area (Å²) in [5.41, 5.74) is 0.648. The van der Waals surface area contributed by atoms with Crippen LogP contribution in [-0.4, -0.2) is 12.6 Å². The number of hydrogen-bond acceptors (Lipinski definition) is 2. The van der Waals surface area contributed by atoms with Crippen molar-refractivity contribution >= 4 is 23.6 Å². The number of ether oxygens (including phenoxy) is 1. The summed E-state index contributed by atoms with van der Waals surface area (Å²) in [6, 6.07) is 5.64. The predicted molar refractivity (Wildman–Crippen MR) is 56.9 cm³/mol. The molecule has 4 heteroatoms. The fourth-order valence-electron chi connectivity index (χ4n) is 0.964. The minimum atomic E-state index is -0.580. The van der Waals surface area contributed by atoms with Crippen LogP contribution >= 0.6 is 11.6 Å². The summed E-state index contributed by atoms with van der Waals surface area (Å²) >= 11 is 5.68. The number of benzene rings is 1. The summed E-state index contributed by atoms with van der Waals surface area (Å²) in [5.74, 6) is -0.914. The van der Waals surface area contributed by atoms with Crippen LogP contribution in [0.5, 0.6) is 0 Å². The van der Waals surface area contributed by atoms with Crippen molar-refractivity contribution in [3.63, 3.8) is 0 Å². The van der Waals surface area contributed by atoms with Gasteiger partial charge in [0.2, 0.25) is 0 Å². The SMILES string of the molecule is CCOC(=O)/C(Cl)=C/c1ccc(F)cc1. The molecule has 0 unspecified atom stereocenters. The summed E-state index contributed by atoms with van der Waals surface area (Å²) in [7, 11) is 0. The number of hydrogen-bond donors (Lipinski definition) is 0. The molecule has 1 rings (SSSR count). The summed E-state index contributed by atoms with van der Waals surface area (Å²) in [6.45, 7) is 1.96. The van der Waals surface area contributed by atoms with Gasteiger partial charge in [0.25, 0.3) is 0 Å². The predicted octanol–water partition coefficient (Wildman–Crippen LogP) is 2.97. The number of rotatable bonds is 3. The third kappa shape index (κ3) is 3.72. The summed E-state index contributed by atoms with van der Waals surface area (Å²) in [5, 5.41) is -0.0246. The second-order valence-electron chi connectivity index (χ2n) is 2.76. The molecule has 0 heterocycles. The summed E-state index contributed by atoms with van der Waals surface area (Å²) in [4.78, 5) is 11.1. The molecule has 80 valence electrons. The van der Waals surface area contributed by atoms with Crippen molar-refractivity contribution in [1.29, 1.82) is 0 Å². The molecular formula is C11H10ClFO2. The molecule has 0 aliphatic rings. The minimum absolute atomic E-state index is 0.0246. The van der Waals surface area contributed by atoms with Gasteiger partial charge in [0.1, 0.15) is 10.8 Å². The van der Waals surface area contributed by atoms with Crippen LogP contribution in [-0.2, 0) is 9.53 Å². The van der Waals surface area contributed by atoms with Crippen molar-refractivity contribution in [2.75, 3.05) is 6.61 Å². The van der Waals surface area contributed by atoms with E-state index in [9.17, 15) is 9.18 Å². The average Bonchev–Trinajstić information content (AvgIpc) is 2.22. The number of carbonyl (C=O) groups is 1. The molecule has 0 aliphatic carbocycles. The maximum Gasteiger partial charge on any atom is 0.349 e. The Balaban J connectivity index is 2.78. The lowest BCUT2D eigenvalue weighted by atomic mass is 10.2. The van der Waals surface area contributed by atoms with Crippen LogP contribution in [0, 0.1) is 5.82 Å². The van der Waals surface area contributed by atoms with Gasteiger partial charge in [0.15, 0.2) is 0 Å². The molecule has 0 bridgehead atoms. The van der Waals surface area contributed by atoms with E-state index in [1.54, 1.807) is 6.92 Å². The van der Waals surface area contributed by atoms with Gasteiger partial charge in [0, 0.05) is 0 Å². The molecule has 0 aliphatic heterocycles. The van der Waals surface area contributed by atoms with Crippen molar-refractivity contribution < 1.29 is 13.9 Å². The van der Waals surface area contributed by atoms with Gasteiger partial charge in [-0.1, -0.05) is 23.7 Å². The monoisotopic (exact) mass is 228 g/mol. The fourth-order valence-corrected chi connectivity index (χ4v) is 1.14. The molecule has 0 amide bonds. The van der Waals surface area contributed by atoms with Gasteiger partial charge >= 0.3 is 5.97 Å². The zero-order valence-corrected chi connectivity index (χ0v) is 8.92. The van der Waals surface area contributed by atoms with Gasteiger partial charge in [-0.25, -0.2) is 9.18 Å². The van der Waals surface area contributed by atoms with Crippen molar-refractivity contribution in [3.05, 3.63) is 40.7 Å². The quantitative estimate of drug-likeness (QED) is 0.587. The number of carbonyl (C=O) groups excluding carboxylic acids is 1.